The number of rotatable bonds is 4. The molecule has 0 radical (unpaired) electrons. The Bertz CT molecular complexity index is 339. The Morgan fingerprint density at radius 1 is 1.18 bits per heavy atom. The van der Waals surface area contributed by atoms with Gasteiger partial charge in [-0.3, -0.25) is 4.68 Å². The van der Waals surface area contributed by atoms with Gasteiger partial charge in [0.15, 0.2) is 0 Å². The average molecular weight is 237 g/mol. The summed E-state index contributed by atoms with van der Waals surface area (Å²) >= 11 is 0. The molecule has 17 heavy (non-hydrogen) atoms. The number of nitrogens with one attached hydrogen (secondary N) is 1. The van der Waals surface area contributed by atoms with Crippen LogP contribution < -0.4 is 5.32 Å². The number of aromatic nitrogens is 2. The van der Waals surface area contributed by atoms with Crippen LogP contribution in [-0.4, -0.2) is 21.9 Å². The second-order valence-electron chi connectivity index (χ2n) is 6.74. The summed E-state index contributed by atoms with van der Waals surface area (Å²) in [5.41, 5.74) is 1.63. The molecule has 0 atom stereocenters. The highest BCUT2D eigenvalue weighted by atomic mass is 15.3. The molecular formula is C14H27N3. The average Bonchev–Trinajstić information content (AvgIpc) is 2.58. The molecule has 0 fully saturated rings. The molecule has 98 valence electrons. The van der Waals surface area contributed by atoms with Gasteiger partial charge < -0.3 is 5.32 Å². The zero-order chi connectivity index (χ0) is 13.1. The minimum absolute atomic E-state index is 0.0852. The van der Waals surface area contributed by atoms with Crippen molar-refractivity contribution in [3.8, 4) is 0 Å². The van der Waals surface area contributed by atoms with Crippen molar-refractivity contribution in [2.24, 2.45) is 0 Å². The number of aryl methyl sites for hydroxylation is 1. The van der Waals surface area contributed by atoms with E-state index in [1.807, 2.05) is 10.9 Å². The zero-order valence-electron chi connectivity index (χ0n) is 12.2. The highest BCUT2D eigenvalue weighted by Crippen LogP contribution is 2.13. The van der Waals surface area contributed by atoms with Crippen molar-refractivity contribution in [2.45, 2.75) is 65.5 Å². The molecule has 1 aromatic rings. The molecule has 0 aliphatic heterocycles. The molecule has 0 aromatic carbocycles. The summed E-state index contributed by atoms with van der Waals surface area (Å²) in [5.74, 6) is 0. The first-order valence-corrected chi connectivity index (χ1v) is 6.47. The minimum Gasteiger partial charge on any atom is -0.312 e. The van der Waals surface area contributed by atoms with Crippen molar-refractivity contribution in [1.82, 2.24) is 15.1 Å². The van der Waals surface area contributed by atoms with Crippen molar-refractivity contribution < 1.29 is 0 Å². The maximum atomic E-state index is 4.41. The van der Waals surface area contributed by atoms with Gasteiger partial charge in [-0.15, -0.1) is 0 Å². The number of nitrogens with zero attached hydrogens (tertiary/aromatic N) is 2. The van der Waals surface area contributed by atoms with Gasteiger partial charge in [0.25, 0.3) is 0 Å². The molecule has 1 rings (SSSR count). The van der Waals surface area contributed by atoms with E-state index < -0.39 is 0 Å². The third-order valence-corrected chi connectivity index (χ3v) is 2.62. The Kier molecular flexibility index (Phi) is 4.36. The van der Waals surface area contributed by atoms with Crippen molar-refractivity contribution in [2.75, 3.05) is 6.54 Å². The van der Waals surface area contributed by atoms with Crippen LogP contribution in [0.25, 0.3) is 0 Å². The minimum atomic E-state index is 0.0852. The van der Waals surface area contributed by atoms with Crippen LogP contribution >= 0.6 is 0 Å². The molecule has 1 N–H and O–H groups in total. The van der Waals surface area contributed by atoms with Gasteiger partial charge in [0, 0.05) is 11.7 Å². The number of hydrogen-bond acceptors (Lipinski definition) is 2. The van der Waals surface area contributed by atoms with Gasteiger partial charge in [0.2, 0.25) is 0 Å². The van der Waals surface area contributed by atoms with E-state index >= 15 is 0 Å². The molecule has 0 aliphatic rings. The predicted molar refractivity (Wildman–Crippen MR) is 73.3 cm³/mol. The lowest BCUT2D eigenvalue weighted by molar-refractivity contribution is 0.355. The van der Waals surface area contributed by atoms with Crippen molar-refractivity contribution in [1.29, 1.82) is 0 Å². The lowest BCUT2D eigenvalue weighted by atomic mass is 10.1. The third kappa shape index (κ3) is 5.35. The molecule has 0 bridgehead atoms. The topological polar surface area (TPSA) is 29.9 Å². The monoisotopic (exact) mass is 237 g/mol. The van der Waals surface area contributed by atoms with E-state index in [1.54, 1.807) is 0 Å². The largest absolute Gasteiger partial charge is 0.312 e. The predicted octanol–water partition coefficient (Wildman–Crippen LogP) is 2.96. The van der Waals surface area contributed by atoms with Crippen LogP contribution in [0.1, 0.15) is 53.5 Å². The molecule has 0 saturated heterocycles. The van der Waals surface area contributed by atoms with Crippen LogP contribution in [0.2, 0.25) is 0 Å². The Labute approximate surface area is 106 Å². The van der Waals surface area contributed by atoms with Gasteiger partial charge >= 0.3 is 0 Å². The summed E-state index contributed by atoms with van der Waals surface area (Å²) in [4.78, 5) is 0. The van der Waals surface area contributed by atoms with E-state index in [4.69, 9.17) is 0 Å². The fourth-order valence-corrected chi connectivity index (χ4v) is 1.61. The summed E-state index contributed by atoms with van der Waals surface area (Å²) in [6.45, 7) is 14.2. The first-order valence-electron chi connectivity index (χ1n) is 6.47. The van der Waals surface area contributed by atoms with Crippen molar-refractivity contribution in [3.05, 3.63) is 18.0 Å². The molecule has 0 amide bonds. The normalized spacial score (nSPS) is 13.1. The van der Waals surface area contributed by atoms with Crippen LogP contribution in [0.4, 0.5) is 0 Å². The smallest absolute Gasteiger partial charge is 0.0543 e. The standard InChI is InChI=1S/C14H27N3/c1-13(2,3)15-9-7-8-12-10-16-17(11-12)14(4,5)6/h10-11,15H,7-9H2,1-6H3. The van der Waals surface area contributed by atoms with E-state index in [2.05, 4.69) is 58.2 Å². The maximum absolute atomic E-state index is 4.41. The second-order valence-corrected chi connectivity index (χ2v) is 6.74. The Morgan fingerprint density at radius 3 is 2.29 bits per heavy atom. The van der Waals surface area contributed by atoms with E-state index in [0.29, 0.717) is 0 Å². The Hall–Kier alpha value is -0.830. The molecule has 0 saturated carbocycles. The van der Waals surface area contributed by atoms with E-state index in [1.165, 1.54) is 5.56 Å². The Morgan fingerprint density at radius 2 is 1.82 bits per heavy atom. The van der Waals surface area contributed by atoms with E-state index in [-0.39, 0.29) is 11.1 Å². The van der Waals surface area contributed by atoms with E-state index in [9.17, 15) is 0 Å². The lowest BCUT2D eigenvalue weighted by Gasteiger charge is -2.20. The first-order chi connectivity index (χ1) is 7.68. The highest BCUT2D eigenvalue weighted by Gasteiger charge is 2.13. The summed E-state index contributed by atoms with van der Waals surface area (Å²) in [6.07, 6.45) is 6.41. The molecule has 0 aliphatic carbocycles. The summed E-state index contributed by atoms with van der Waals surface area (Å²) < 4.78 is 2.04. The van der Waals surface area contributed by atoms with Gasteiger partial charge in [-0.05, 0) is 66.5 Å². The van der Waals surface area contributed by atoms with Gasteiger partial charge in [0.1, 0.15) is 0 Å². The van der Waals surface area contributed by atoms with Crippen molar-refractivity contribution >= 4 is 0 Å². The van der Waals surface area contributed by atoms with Crippen LogP contribution in [0.15, 0.2) is 12.4 Å². The van der Waals surface area contributed by atoms with Gasteiger partial charge in [0.05, 0.1) is 11.7 Å². The quantitative estimate of drug-likeness (QED) is 0.816. The van der Waals surface area contributed by atoms with Gasteiger partial charge in [-0.2, -0.15) is 5.10 Å². The van der Waals surface area contributed by atoms with Crippen LogP contribution in [0.3, 0.4) is 0 Å². The molecule has 3 nitrogen and oxygen atoms in total. The SMILES string of the molecule is CC(C)(C)NCCCc1cnn(C(C)(C)C)c1. The van der Waals surface area contributed by atoms with Crippen LogP contribution in [0, 0.1) is 0 Å². The molecule has 1 aromatic heterocycles. The highest BCUT2D eigenvalue weighted by molar-refractivity contribution is 5.05. The summed E-state index contributed by atoms with van der Waals surface area (Å²) in [5, 5.41) is 7.91. The van der Waals surface area contributed by atoms with Gasteiger partial charge in [-0.1, -0.05) is 0 Å². The van der Waals surface area contributed by atoms with E-state index in [0.717, 1.165) is 19.4 Å². The molecule has 0 spiro atoms. The molecule has 0 unspecified atom stereocenters. The zero-order valence-corrected chi connectivity index (χ0v) is 12.2. The van der Waals surface area contributed by atoms with Crippen LogP contribution in [-0.2, 0) is 12.0 Å². The maximum Gasteiger partial charge on any atom is 0.0543 e. The third-order valence-electron chi connectivity index (χ3n) is 2.62. The molecule has 3 heteroatoms. The van der Waals surface area contributed by atoms with Crippen LogP contribution in [0.5, 0.6) is 0 Å². The molecule has 1 heterocycles. The Balaban J connectivity index is 2.36. The van der Waals surface area contributed by atoms with Gasteiger partial charge in [-0.25, -0.2) is 0 Å². The summed E-state index contributed by atoms with van der Waals surface area (Å²) in [7, 11) is 0. The molecular weight excluding hydrogens is 210 g/mol. The lowest BCUT2D eigenvalue weighted by Crippen LogP contribution is -2.36. The number of hydrogen-bond donors (Lipinski definition) is 1. The fourth-order valence-electron chi connectivity index (χ4n) is 1.61. The first kappa shape index (κ1) is 14.2. The summed E-state index contributed by atoms with van der Waals surface area (Å²) in [6, 6.07) is 0. The van der Waals surface area contributed by atoms with Crippen molar-refractivity contribution in [3.63, 3.8) is 0 Å². The second kappa shape index (κ2) is 5.21. The fraction of sp³-hybridized carbons (Fsp3) is 0.786.